The fourth-order valence-electron chi connectivity index (χ4n) is 1.66. The van der Waals surface area contributed by atoms with Crippen molar-refractivity contribution >= 4 is 5.91 Å². The normalized spacial score (nSPS) is 10.2. The molecule has 0 aliphatic rings. The van der Waals surface area contributed by atoms with Crippen LogP contribution in [-0.4, -0.2) is 27.5 Å². The molecule has 19 heavy (non-hydrogen) atoms. The maximum absolute atomic E-state index is 11.9. The lowest BCUT2D eigenvalue weighted by Crippen LogP contribution is -2.26. The molecule has 0 bridgehead atoms. The number of nitrogens with zero attached hydrogens (tertiary/aromatic N) is 2. The molecule has 0 radical (unpaired) electrons. The monoisotopic (exact) mass is 257 g/mol. The first-order valence-electron chi connectivity index (χ1n) is 6.03. The average molecular weight is 257 g/mol. The SMILES string of the molecule is O=C(NCCc1ccccn1)c1ccnc(CO)c1. The van der Waals surface area contributed by atoms with E-state index in [4.69, 9.17) is 5.11 Å². The third-order valence-electron chi connectivity index (χ3n) is 2.63. The molecule has 2 aromatic heterocycles. The van der Waals surface area contributed by atoms with Crippen molar-refractivity contribution < 1.29 is 9.90 Å². The Morgan fingerprint density at radius 3 is 2.74 bits per heavy atom. The van der Waals surface area contributed by atoms with Gasteiger partial charge in [-0.1, -0.05) is 6.07 Å². The van der Waals surface area contributed by atoms with E-state index in [2.05, 4.69) is 15.3 Å². The van der Waals surface area contributed by atoms with Crippen molar-refractivity contribution in [1.29, 1.82) is 0 Å². The van der Waals surface area contributed by atoms with Crippen LogP contribution in [0.25, 0.3) is 0 Å². The predicted molar refractivity (Wildman–Crippen MR) is 70.4 cm³/mol. The molecular formula is C14H15N3O2. The summed E-state index contributed by atoms with van der Waals surface area (Å²) >= 11 is 0. The molecule has 0 fully saturated rings. The molecule has 0 spiro atoms. The summed E-state index contributed by atoms with van der Waals surface area (Å²) in [6.45, 7) is 0.349. The number of hydrogen-bond acceptors (Lipinski definition) is 4. The molecule has 5 nitrogen and oxygen atoms in total. The van der Waals surface area contributed by atoms with Crippen molar-refractivity contribution in [3.05, 3.63) is 59.7 Å². The first kappa shape index (κ1) is 13.2. The minimum Gasteiger partial charge on any atom is -0.390 e. The zero-order valence-electron chi connectivity index (χ0n) is 10.4. The second-order valence-electron chi connectivity index (χ2n) is 4.02. The Bertz CT molecular complexity index is 543. The van der Waals surface area contributed by atoms with Crippen molar-refractivity contribution in [2.24, 2.45) is 0 Å². The van der Waals surface area contributed by atoms with Crippen LogP contribution >= 0.6 is 0 Å². The molecule has 0 aliphatic carbocycles. The van der Waals surface area contributed by atoms with E-state index in [-0.39, 0.29) is 12.5 Å². The number of hydrogen-bond donors (Lipinski definition) is 2. The van der Waals surface area contributed by atoms with Crippen molar-refractivity contribution in [3.63, 3.8) is 0 Å². The summed E-state index contributed by atoms with van der Waals surface area (Å²) < 4.78 is 0. The van der Waals surface area contributed by atoms with Crippen LogP contribution in [0, 0.1) is 0 Å². The zero-order valence-corrected chi connectivity index (χ0v) is 10.4. The molecule has 5 heteroatoms. The second kappa shape index (κ2) is 6.61. The molecular weight excluding hydrogens is 242 g/mol. The van der Waals surface area contributed by atoms with Crippen LogP contribution in [0.15, 0.2) is 42.7 Å². The molecule has 2 aromatic rings. The fraction of sp³-hybridized carbons (Fsp3) is 0.214. The lowest BCUT2D eigenvalue weighted by atomic mass is 10.2. The van der Waals surface area contributed by atoms with Gasteiger partial charge in [0.05, 0.1) is 12.3 Å². The van der Waals surface area contributed by atoms with Crippen molar-refractivity contribution in [2.75, 3.05) is 6.54 Å². The largest absolute Gasteiger partial charge is 0.390 e. The number of aliphatic hydroxyl groups is 1. The molecule has 0 unspecified atom stereocenters. The van der Waals surface area contributed by atoms with E-state index >= 15 is 0 Å². The number of carbonyl (C=O) groups excluding carboxylic acids is 1. The molecule has 1 amide bonds. The van der Waals surface area contributed by atoms with Crippen LogP contribution in [0.3, 0.4) is 0 Å². The topological polar surface area (TPSA) is 75.1 Å². The standard InChI is InChI=1S/C14H15N3O2/c18-10-13-9-11(4-7-16-13)14(19)17-8-5-12-3-1-2-6-15-12/h1-4,6-7,9,18H,5,8,10H2,(H,17,19). The Kier molecular flexibility index (Phi) is 4.58. The highest BCUT2D eigenvalue weighted by Gasteiger charge is 2.06. The molecule has 0 aromatic carbocycles. The molecule has 0 saturated heterocycles. The molecule has 2 rings (SSSR count). The van der Waals surface area contributed by atoms with Crippen LogP contribution in [-0.2, 0) is 13.0 Å². The molecule has 2 heterocycles. The maximum Gasteiger partial charge on any atom is 0.251 e. The van der Waals surface area contributed by atoms with Crippen molar-refractivity contribution in [3.8, 4) is 0 Å². The van der Waals surface area contributed by atoms with Gasteiger partial charge in [0, 0.05) is 36.6 Å². The molecule has 0 atom stereocenters. The van der Waals surface area contributed by atoms with Crippen LogP contribution in [0.1, 0.15) is 21.7 Å². The number of aromatic nitrogens is 2. The lowest BCUT2D eigenvalue weighted by molar-refractivity contribution is 0.0953. The van der Waals surface area contributed by atoms with Gasteiger partial charge in [-0.25, -0.2) is 0 Å². The molecule has 2 N–H and O–H groups in total. The highest BCUT2D eigenvalue weighted by Crippen LogP contribution is 2.02. The number of rotatable bonds is 5. The van der Waals surface area contributed by atoms with E-state index in [1.165, 1.54) is 6.20 Å². The van der Waals surface area contributed by atoms with Gasteiger partial charge in [-0.2, -0.15) is 0 Å². The minimum absolute atomic E-state index is 0.172. The Hall–Kier alpha value is -2.27. The van der Waals surface area contributed by atoms with Gasteiger partial charge in [0.25, 0.3) is 5.91 Å². The summed E-state index contributed by atoms with van der Waals surface area (Å²) in [6.07, 6.45) is 3.93. The first-order valence-corrected chi connectivity index (χ1v) is 6.03. The number of amides is 1. The highest BCUT2D eigenvalue weighted by atomic mass is 16.3. The minimum atomic E-state index is -0.173. The van der Waals surface area contributed by atoms with Gasteiger partial charge < -0.3 is 10.4 Å². The third kappa shape index (κ3) is 3.86. The Morgan fingerprint density at radius 1 is 1.16 bits per heavy atom. The maximum atomic E-state index is 11.9. The molecule has 0 saturated carbocycles. The van der Waals surface area contributed by atoms with Gasteiger partial charge in [-0.05, 0) is 24.3 Å². The summed E-state index contributed by atoms with van der Waals surface area (Å²) in [4.78, 5) is 20.0. The summed E-state index contributed by atoms with van der Waals surface area (Å²) in [6, 6.07) is 8.89. The van der Waals surface area contributed by atoms with E-state index in [9.17, 15) is 4.79 Å². The van der Waals surface area contributed by atoms with E-state index < -0.39 is 0 Å². The zero-order chi connectivity index (χ0) is 13.5. The quantitative estimate of drug-likeness (QED) is 0.836. The van der Waals surface area contributed by atoms with Gasteiger partial charge in [0.15, 0.2) is 0 Å². The Morgan fingerprint density at radius 2 is 2.00 bits per heavy atom. The van der Waals surface area contributed by atoms with Gasteiger partial charge >= 0.3 is 0 Å². The smallest absolute Gasteiger partial charge is 0.251 e. The van der Waals surface area contributed by atoms with Gasteiger partial charge in [-0.3, -0.25) is 14.8 Å². The number of aliphatic hydroxyl groups excluding tert-OH is 1. The van der Waals surface area contributed by atoms with Crippen molar-refractivity contribution in [2.45, 2.75) is 13.0 Å². The average Bonchev–Trinajstić information content (AvgIpc) is 2.48. The van der Waals surface area contributed by atoms with E-state index in [1.807, 2.05) is 18.2 Å². The van der Waals surface area contributed by atoms with Crippen LogP contribution < -0.4 is 5.32 Å². The van der Waals surface area contributed by atoms with Crippen molar-refractivity contribution in [1.82, 2.24) is 15.3 Å². The predicted octanol–water partition coefficient (Wildman–Crippen LogP) is 0.941. The number of pyridine rings is 2. The number of nitrogens with one attached hydrogen (secondary N) is 1. The summed E-state index contributed by atoms with van der Waals surface area (Å²) in [7, 11) is 0. The van der Waals surface area contributed by atoms with E-state index in [0.29, 0.717) is 24.2 Å². The Balaban J connectivity index is 1.87. The lowest BCUT2D eigenvalue weighted by Gasteiger charge is -2.05. The van der Waals surface area contributed by atoms with E-state index in [0.717, 1.165) is 5.69 Å². The summed E-state index contributed by atoms with van der Waals surface area (Å²) in [5, 5.41) is 11.8. The van der Waals surface area contributed by atoms with Gasteiger partial charge in [0.2, 0.25) is 0 Å². The van der Waals surface area contributed by atoms with Gasteiger partial charge in [0.1, 0.15) is 0 Å². The van der Waals surface area contributed by atoms with Crippen LogP contribution in [0.5, 0.6) is 0 Å². The van der Waals surface area contributed by atoms with E-state index in [1.54, 1.807) is 18.3 Å². The Labute approximate surface area is 111 Å². The fourth-order valence-corrected chi connectivity index (χ4v) is 1.66. The van der Waals surface area contributed by atoms with Gasteiger partial charge in [-0.15, -0.1) is 0 Å². The molecule has 0 aliphatic heterocycles. The van der Waals surface area contributed by atoms with Crippen LogP contribution in [0.2, 0.25) is 0 Å². The summed E-state index contributed by atoms with van der Waals surface area (Å²) in [5.41, 5.74) is 1.92. The number of carbonyl (C=O) groups is 1. The first-order chi connectivity index (χ1) is 9.29. The summed E-state index contributed by atoms with van der Waals surface area (Å²) in [5.74, 6) is -0.173. The third-order valence-corrected chi connectivity index (χ3v) is 2.63. The van der Waals surface area contributed by atoms with Crippen LogP contribution in [0.4, 0.5) is 0 Å². The molecule has 98 valence electrons. The second-order valence-corrected chi connectivity index (χ2v) is 4.02. The highest BCUT2D eigenvalue weighted by molar-refractivity contribution is 5.94.